The molecule has 0 fully saturated rings. The molecule has 0 unspecified atom stereocenters. The Morgan fingerprint density at radius 2 is 1.90 bits per heavy atom. The van der Waals surface area contributed by atoms with Crippen LogP contribution in [0, 0.1) is 11.3 Å². The zero-order valence-corrected chi connectivity index (χ0v) is 11.9. The number of nitriles is 1. The molecule has 1 N–H and O–H groups in total. The molecule has 0 spiro atoms. The average Bonchev–Trinajstić information content (AvgIpc) is 2.53. The molecule has 4 heteroatoms. The van der Waals surface area contributed by atoms with E-state index in [9.17, 15) is 0 Å². The van der Waals surface area contributed by atoms with Gasteiger partial charge in [0.1, 0.15) is 0 Å². The van der Waals surface area contributed by atoms with Crippen molar-refractivity contribution >= 4 is 28.2 Å². The van der Waals surface area contributed by atoms with Crippen molar-refractivity contribution in [3.63, 3.8) is 0 Å². The van der Waals surface area contributed by atoms with E-state index < -0.39 is 0 Å². The molecule has 1 aromatic heterocycles. The van der Waals surface area contributed by atoms with Crippen LogP contribution in [0.2, 0.25) is 5.02 Å². The second kappa shape index (κ2) is 5.82. The normalized spacial score (nSPS) is 10.3. The van der Waals surface area contributed by atoms with Gasteiger partial charge in [0, 0.05) is 28.8 Å². The average molecular weight is 294 g/mol. The first kappa shape index (κ1) is 13.4. The van der Waals surface area contributed by atoms with Crippen LogP contribution < -0.4 is 5.32 Å². The fourth-order valence-electron chi connectivity index (χ4n) is 2.17. The number of hydrogen-bond donors (Lipinski definition) is 1. The number of pyridine rings is 1. The largest absolute Gasteiger partial charge is 0.380 e. The first-order valence-electron chi connectivity index (χ1n) is 6.53. The van der Waals surface area contributed by atoms with Gasteiger partial charge in [-0.1, -0.05) is 23.7 Å². The molecule has 0 saturated heterocycles. The summed E-state index contributed by atoms with van der Waals surface area (Å²) in [6, 6.07) is 17.3. The van der Waals surface area contributed by atoms with E-state index in [0.29, 0.717) is 17.1 Å². The summed E-state index contributed by atoms with van der Waals surface area (Å²) >= 11 is 5.99. The van der Waals surface area contributed by atoms with Gasteiger partial charge in [0.15, 0.2) is 0 Å². The van der Waals surface area contributed by atoms with Crippen molar-refractivity contribution in [1.82, 2.24) is 4.98 Å². The van der Waals surface area contributed by atoms with Gasteiger partial charge in [0.05, 0.1) is 17.1 Å². The predicted octanol–water partition coefficient (Wildman–Crippen LogP) is 4.37. The second-order valence-corrected chi connectivity index (χ2v) is 5.12. The number of nitrogens with zero attached hydrogens (tertiary/aromatic N) is 2. The zero-order chi connectivity index (χ0) is 14.7. The molecular formula is C17H12ClN3. The van der Waals surface area contributed by atoms with Crippen LogP contribution in [-0.4, -0.2) is 4.98 Å². The fraction of sp³-hybridized carbons (Fsp3) is 0.0588. The van der Waals surface area contributed by atoms with Crippen LogP contribution in [0.1, 0.15) is 11.1 Å². The first-order valence-corrected chi connectivity index (χ1v) is 6.91. The molecule has 0 saturated carbocycles. The van der Waals surface area contributed by atoms with Gasteiger partial charge in [-0.25, -0.2) is 0 Å². The number of rotatable bonds is 3. The Balaban J connectivity index is 1.83. The van der Waals surface area contributed by atoms with Gasteiger partial charge < -0.3 is 5.32 Å². The Hall–Kier alpha value is -2.57. The topological polar surface area (TPSA) is 48.7 Å². The SMILES string of the molecule is N#Cc1ccc(CNc2ccnc3cc(Cl)ccc23)cc1. The van der Waals surface area contributed by atoms with Crippen molar-refractivity contribution in [3.8, 4) is 6.07 Å². The summed E-state index contributed by atoms with van der Waals surface area (Å²) in [6.07, 6.45) is 1.76. The molecule has 21 heavy (non-hydrogen) atoms. The molecule has 0 aliphatic rings. The highest BCUT2D eigenvalue weighted by Gasteiger charge is 2.02. The van der Waals surface area contributed by atoms with Crippen LogP contribution in [0.5, 0.6) is 0 Å². The molecule has 3 rings (SSSR count). The van der Waals surface area contributed by atoms with Gasteiger partial charge in [-0.05, 0) is 42.0 Å². The maximum Gasteiger partial charge on any atom is 0.0991 e. The minimum Gasteiger partial charge on any atom is -0.380 e. The van der Waals surface area contributed by atoms with E-state index in [2.05, 4.69) is 16.4 Å². The molecule has 0 amide bonds. The van der Waals surface area contributed by atoms with Crippen molar-refractivity contribution in [1.29, 1.82) is 5.26 Å². The lowest BCUT2D eigenvalue weighted by molar-refractivity contribution is 1.15. The minimum absolute atomic E-state index is 0.669. The smallest absolute Gasteiger partial charge is 0.0991 e. The Morgan fingerprint density at radius 1 is 1.10 bits per heavy atom. The monoisotopic (exact) mass is 293 g/mol. The van der Waals surface area contributed by atoms with Crippen LogP contribution >= 0.6 is 11.6 Å². The van der Waals surface area contributed by atoms with Crippen LogP contribution in [0.3, 0.4) is 0 Å². The number of fused-ring (bicyclic) bond motifs is 1. The van der Waals surface area contributed by atoms with Gasteiger partial charge in [-0.15, -0.1) is 0 Å². The number of hydrogen-bond acceptors (Lipinski definition) is 3. The number of anilines is 1. The summed E-state index contributed by atoms with van der Waals surface area (Å²) in [4.78, 5) is 4.32. The minimum atomic E-state index is 0.669. The van der Waals surface area contributed by atoms with Crippen molar-refractivity contribution in [2.75, 3.05) is 5.32 Å². The molecule has 0 bridgehead atoms. The molecule has 102 valence electrons. The van der Waals surface area contributed by atoms with Gasteiger partial charge >= 0.3 is 0 Å². The number of benzene rings is 2. The van der Waals surface area contributed by atoms with Crippen LogP contribution in [0.25, 0.3) is 10.9 Å². The van der Waals surface area contributed by atoms with Crippen LogP contribution in [-0.2, 0) is 6.54 Å². The van der Waals surface area contributed by atoms with E-state index in [4.69, 9.17) is 16.9 Å². The van der Waals surface area contributed by atoms with Gasteiger partial charge in [0.25, 0.3) is 0 Å². The zero-order valence-electron chi connectivity index (χ0n) is 11.2. The second-order valence-electron chi connectivity index (χ2n) is 4.68. The molecule has 0 aliphatic carbocycles. The highest BCUT2D eigenvalue weighted by Crippen LogP contribution is 2.24. The van der Waals surface area contributed by atoms with Crippen molar-refractivity contribution < 1.29 is 0 Å². The molecule has 3 nitrogen and oxygen atoms in total. The number of halogens is 1. The molecule has 3 aromatic rings. The lowest BCUT2D eigenvalue weighted by Gasteiger charge is -2.09. The van der Waals surface area contributed by atoms with E-state index in [1.807, 2.05) is 48.5 Å². The van der Waals surface area contributed by atoms with E-state index in [-0.39, 0.29) is 0 Å². The maximum absolute atomic E-state index is 8.79. The third-order valence-corrected chi connectivity index (χ3v) is 3.51. The predicted molar refractivity (Wildman–Crippen MR) is 85.2 cm³/mol. The fourth-order valence-corrected chi connectivity index (χ4v) is 2.34. The molecule has 0 aliphatic heterocycles. The summed E-state index contributed by atoms with van der Waals surface area (Å²) in [7, 11) is 0. The Bertz CT molecular complexity index is 820. The summed E-state index contributed by atoms with van der Waals surface area (Å²) in [5.74, 6) is 0. The molecule has 0 atom stereocenters. The Kier molecular flexibility index (Phi) is 3.72. The third kappa shape index (κ3) is 2.96. The Morgan fingerprint density at radius 3 is 2.67 bits per heavy atom. The van der Waals surface area contributed by atoms with Crippen molar-refractivity contribution in [2.45, 2.75) is 6.54 Å². The van der Waals surface area contributed by atoms with E-state index in [0.717, 1.165) is 22.2 Å². The summed E-state index contributed by atoms with van der Waals surface area (Å²) < 4.78 is 0. The van der Waals surface area contributed by atoms with Gasteiger partial charge in [-0.2, -0.15) is 5.26 Å². The van der Waals surface area contributed by atoms with Crippen LogP contribution in [0.4, 0.5) is 5.69 Å². The van der Waals surface area contributed by atoms with Crippen molar-refractivity contribution in [3.05, 3.63) is 70.9 Å². The molecular weight excluding hydrogens is 282 g/mol. The van der Waals surface area contributed by atoms with Gasteiger partial charge in [0.2, 0.25) is 0 Å². The maximum atomic E-state index is 8.79. The highest BCUT2D eigenvalue weighted by molar-refractivity contribution is 6.31. The standard InChI is InChI=1S/C17H12ClN3/c18-14-5-6-15-16(7-8-20-17(15)9-14)21-11-13-3-1-12(10-19)2-4-13/h1-9H,11H2,(H,20,21). The highest BCUT2D eigenvalue weighted by atomic mass is 35.5. The molecule has 1 heterocycles. The number of nitrogens with one attached hydrogen (secondary N) is 1. The van der Waals surface area contributed by atoms with Crippen molar-refractivity contribution in [2.24, 2.45) is 0 Å². The summed E-state index contributed by atoms with van der Waals surface area (Å²) in [5, 5.41) is 13.9. The molecule has 2 aromatic carbocycles. The molecule has 0 radical (unpaired) electrons. The van der Waals surface area contributed by atoms with E-state index in [1.165, 1.54) is 0 Å². The lowest BCUT2D eigenvalue weighted by Crippen LogP contribution is -2.00. The summed E-state index contributed by atoms with van der Waals surface area (Å²) in [5.41, 5.74) is 3.67. The summed E-state index contributed by atoms with van der Waals surface area (Å²) in [6.45, 7) is 0.688. The van der Waals surface area contributed by atoms with Gasteiger partial charge in [-0.3, -0.25) is 4.98 Å². The lowest BCUT2D eigenvalue weighted by atomic mass is 10.1. The van der Waals surface area contributed by atoms with E-state index in [1.54, 1.807) is 6.20 Å². The Labute approximate surface area is 127 Å². The first-order chi connectivity index (χ1) is 10.3. The van der Waals surface area contributed by atoms with Crippen LogP contribution in [0.15, 0.2) is 54.7 Å². The number of aromatic nitrogens is 1. The third-order valence-electron chi connectivity index (χ3n) is 3.27. The van der Waals surface area contributed by atoms with E-state index >= 15 is 0 Å². The quantitative estimate of drug-likeness (QED) is 0.780.